The van der Waals surface area contributed by atoms with Crippen LogP contribution in [0.1, 0.15) is 51.4 Å². The topological polar surface area (TPSA) is 52.6 Å². The summed E-state index contributed by atoms with van der Waals surface area (Å²) in [4.78, 5) is 13.9. The number of piperidine rings is 1. The Morgan fingerprint density at radius 3 is 2.17 bits per heavy atom. The highest BCUT2D eigenvalue weighted by atomic mass is 16.4. The number of nitrogens with one attached hydrogen (secondary N) is 1. The second-order valence-electron chi connectivity index (χ2n) is 5.82. The van der Waals surface area contributed by atoms with Crippen LogP contribution in [0.25, 0.3) is 0 Å². The standard InChI is InChI=1S/C14H26N2O2/c1-15-14(13(17)18)8-10-16(11-9-14)12-6-4-2-3-5-7-12/h12,15H,2-11H2,1H3,(H,17,18). The first-order chi connectivity index (χ1) is 8.68. The largest absolute Gasteiger partial charge is 0.480 e. The number of likely N-dealkylation sites (tertiary alicyclic amines) is 1. The van der Waals surface area contributed by atoms with Gasteiger partial charge in [0.1, 0.15) is 5.54 Å². The number of likely N-dealkylation sites (N-methyl/N-ethyl adjacent to an activating group) is 1. The fourth-order valence-corrected chi connectivity index (χ4v) is 3.46. The summed E-state index contributed by atoms with van der Waals surface area (Å²) in [6.45, 7) is 1.86. The lowest BCUT2D eigenvalue weighted by Gasteiger charge is -2.42. The summed E-state index contributed by atoms with van der Waals surface area (Å²) in [5.41, 5.74) is -0.679. The van der Waals surface area contributed by atoms with Crippen LogP contribution in [0.4, 0.5) is 0 Å². The van der Waals surface area contributed by atoms with Gasteiger partial charge in [-0.1, -0.05) is 25.7 Å². The molecule has 0 amide bonds. The SMILES string of the molecule is CNC1(C(=O)O)CCN(C2CCCCCC2)CC1. The van der Waals surface area contributed by atoms with Crippen LogP contribution in [0, 0.1) is 0 Å². The fourth-order valence-electron chi connectivity index (χ4n) is 3.46. The molecule has 2 aliphatic rings. The molecule has 2 N–H and O–H groups in total. The Balaban J connectivity index is 1.90. The van der Waals surface area contributed by atoms with Crippen molar-refractivity contribution in [2.75, 3.05) is 20.1 Å². The third kappa shape index (κ3) is 2.86. The number of rotatable bonds is 3. The molecule has 2 rings (SSSR count). The van der Waals surface area contributed by atoms with E-state index in [1.807, 2.05) is 0 Å². The van der Waals surface area contributed by atoms with E-state index >= 15 is 0 Å². The van der Waals surface area contributed by atoms with E-state index in [0.29, 0.717) is 6.04 Å². The van der Waals surface area contributed by atoms with E-state index in [-0.39, 0.29) is 0 Å². The Morgan fingerprint density at radius 1 is 1.17 bits per heavy atom. The third-order valence-corrected chi connectivity index (χ3v) is 4.88. The molecule has 1 aliphatic carbocycles. The van der Waals surface area contributed by atoms with Gasteiger partial charge in [0, 0.05) is 19.1 Å². The molecular weight excluding hydrogens is 228 g/mol. The molecule has 0 aromatic rings. The Hall–Kier alpha value is -0.610. The third-order valence-electron chi connectivity index (χ3n) is 4.88. The normalized spacial score (nSPS) is 26.7. The molecule has 0 bridgehead atoms. The molecule has 0 spiro atoms. The number of hydrogen-bond donors (Lipinski definition) is 2. The van der Waals surface area contributed by atoms with Crippen LogP contribution in [0.15, 0.2) is 0 Å². The minimum absolute atomic E-state index is 0.679. The summed E-state index contributed by atoms with van der Waals surface area (Å²) in [6.07, 6.45) is 9.51. The molecule has 4 heteroatoms. The quantitative estimate of drug-likeness (QED) is 0.755. The van der Waals surface area contributed by atoms with Crippen molar-refractivity contribution < 1.29 is 9.90 Å². The van der Waals surface area contributed by atoms with Gasteiger partial charge in [0.2, 0.25) is 0 Å². The van der Waals surface area contributed by atoms with Crippen LogP contribution < -0.4 is 5.32 Å². The summed E-state index contributed by atoms with van der Waals surface area (Å²) in [5.74, 6) is -0.689. The van der Waals surface area contributed by atoms with Gasteiger partial charge in [0.15, 0.2) is 0 Å². The van der Waals surface area contributed by atoms with E-state index in [1.54, 1.807) is 7.05 Å². The number of carboxylic acids is 1. The molecule has 18 heavy (non-hydrogen) atoms. The van der Waals surface area contributed by atoms with Gasteiger partial charge in [-0.15, -0.1) is 0 Å². The lowest BCUT2D eigenvalue weighted by Crippen LogP contribution is -2.58. The van der Waals surface area contributed by atoms with Crippen molar-refractivity contribution in [1.29, 1.82) is 0 Å². The number of carboxylic acid groups (broad SMARTS) is 1. The van der Waals surface area contributed by atoms with E-state index in [2.05, 4.69) is 10.2 Å². The Bertz CT molecular complexity index is 278. The van der Waals surface area contributed by atoms with Crippen LogP contribution in [-0.4, -0.2) is 47.7 Å². The molecule has 1 saturated heterocycles. The molecule has 0 aromatic heterocycles. The Labute approximate surface area is 110 Å². The van der Waals surface area contributed by atoms with E-state index in [1.165, 1.54) is 38.5 Å². The molecule has 0 unspecified atom stereocenters. The van der Waals surface area contributed by atoms with Gasteiger partial charge in [0.25, 0.3) is 0 Å². The highest BCUT2D eigenvalue weighted by Crippen LogP contribution is 2.28. The number of carbonyl (C=O) groups is 1. The van der Waals surface area contributed by atoms with Gasteiger partial charge < -0.3 is 15.3 Å². The van der Waals surface area contributed by atoms with Crippen molar-refractivity contribution in [3.05, 3.63) is 0 Å². The first-order valence-corrected chi connectivity index (χ1v) is 7.34. The first-order valence-electron chi connectivity index (χ1n) is 7.34. The maximum absolute atomic E-state index is 11.4. The molecule has 0 atom stereocenters. The Kier molecular flexibility index (Phi) is 4.62. The molecule has 4 nitrogen and oxygen atoms in total. The minimum atomic E-state index is -0.689. The van der Waals surface area contributed by atoms with Crippen LogP contribution in [0.3, 0.4) is 0 Å². The summed E-state index contributed by atoms with van der Waals surface area (Å²) < 4.78 is 0. The van der Waals surface area contributed by atoms with E-state index in [0.717, 1.165) is 25.9 Å². The molecule has 1 saturated carbocycles. The smallest absolute Gasteiger partial charge is 0.323 e. The van der Waals surface area contributed by atoms with Crippen LogP contribution in [0.2, 0.25) is 0 Å². The highest BCUT2D eigenvalue weighted by Gasteiger charge is 2.41. The maximum Gasteiger partial charge on any atom is 0.323 e. The number of aliphatic carboxylic acids is 1. The van der Waals surface area contributed by atoms with Crippen molar-refractivity contribution in [3.63, 3.8) is 0 Å². The van der Waals surface area contributed by atoms with Crippen molar-refractivity contribution in [3.8, 4) is 0 Å². The molecule has 1 aliphatic heterocycles. The zero-order valence-corrected chi connectivity index (χ0v) is 11.5. The van der Waals surface area contributed by atoms with Crippen molar-refractivity contribution in [2.45, 2.75) is 62.9 Å². The van der Waals surface area contributed by atoms with Gasteiger partial charge in [-0.25, -0.2) is 0 Å². The average molecular weight is 254 g/mol. The van der Waals surface area contributed by atoms with Gasteiger partial charge in [0.05, 0.1) is 0 Å². The summed E-state index contributed by atoms with van der Waals surface area (Å²) in [7, 11) is 1.77. The first kappa shape index (κ1) is 13.8. The second kappa shape index (κ2) is 6.02. The zero-order chi connectivity index (χ0) is 13.0. The number of hydrogen-bond acceptors (Lipinski definition) is 3. The molecule has 0 radical (unpaired) electrons. The van der Waals surface area contributed by atoms with Crippen molar-refractivity contribution in [2.24, 2.45) is 0 Å². The van der Waals surface area contributed by atoms with Crippen LogP contribution >= 0.6 is 0 Å². The summed E-state index contributed by atoms with van der Waals surface area (Å²) >= 11 is 0. The highest BCUT2D eigenvalue weighted by molar-refractivity contribution is 5.78. The van der Waals surface area contributed by atoms with Gasteiger partial charge in [-0.3, -0.25) is 4.79 Å². The predicted molar refractivity (Wildman–Crippen MR) is 71.7 cm³/mol. The summed E-state index contributed by atoms with van der Waals surface area (Å²) in [6, 6.07) is 0.705. The molecular formula is C14H26N2O2. The monoisotopic (exact) mass is 254 g/mol. The average Bonchev–Trinajstić information content (AvgIpc) is 2.67. The van der Waals surface area contributed by atoms with Crippen molar-refractivity contribution >= 4 is 5.97 Å². The van der Waals surface area contributed by atoms with Gasteiger partial charge in [-0.2, -0.15) is 0 Å². The van der Waals surface area contributed by atoms with Crippen molar-refractivity contribution in [1.82, 2.24) is 10.2 Å². The minimum Gasteiger partial charge on any atom is -0.480 e. The molecule has 0 aromatic carbocycles. The Morgan fingerprint density at radius 2 is 1.72 bits per heavy atom. The predicted octanol–water partition coefficient (Wildman–Crippen LogP) is 1.85. The summed E-state index contributed by atoms with van der Waals surface area (Å²) in [5, 5.41) is 12.4. The van der Waals surface area contributed by atoms with Gasteiger partial charge >= 0.3 is 5.97 Å². The molecule has 104 valence electrons. The lowest BCUT2D eigenvalue weighted by molar-refractivity contribution is -0.147. The number of nitrogens with zero attached hydrogens (tertiary/aromatic N) is 1. The lowest BCUT2D eigenvalue weighted by atomic mass is 9.86. The van der Waals surface area contributed by atoms with E-state index < -0.39 is 11.5 Å². The van der Waals surface area contributed by atoms with E-state index in [4.69, 9.17) is 0 Å². The van der Waals surface area contributed by atoms with E-state index in [9.17, 15) is 9.90 Å². The molecule has 2 fully saturated rings. The van der Waals surface area contributed by atoms with Gasteiger partial charge in [-0.05, 0) is 32.7 Å². The zero-order valence-electron chi connectivity index (χ0n) is 11.5. The maximum atomic E-state index is 11.4. The van der Waals surface area contributed by atoms with Crippen LogP contribution in [-0.2, 0) is 4.79 Å². The molecule has 1 heterocycles. The van der Waals surface area contributed by atoms with Crippen LogP contribution in [0.5, 0.6) is 0 Å². The fraction of sp³-hybridized carbons (Fsp3) is 0.929. The second-order valence-corrected chi connectivity index (χ2v) is 5.82.